The second-order valence-electron chi connectivity index (χ2n) is 10.7. The van der Waals surface area contributed by atoms with Crippen LogP contribution in [0.4, 0.5) is 0 Å². The van der Waals surface area contributed by atoms with E-state index in [4.69, 9.17) is 23.7 Å². The zero-order valence-corrected chi connectivity index (χ0v) is 26.4. The van der Waals surface area contributed by atoms with Crippen molar-refractivity contribution in [3.8, 4) is 22.9 Å². The number of aromatic nitrogens is 1. The van der Waals surface area contributed by atoms with Crippen LogP contribution in [-0.2, 0) is 19.6 Å². The molecule has 0 spiro atoms. The Morgan fingerprint density at radius 1 is 0.936 bits per heavy atom. The predicted molar refractivity (Wildman–Crippen MR) is 178 cm³/mol. The van der Waals surface area contributed by atoms with Crippen LogP contribution in [0.5, 0.6) is 17.2 Å². The van der Waals surface area contributed by atoms with Crippen LogP contribution in [0.1, 0.15) is 54.8 Å². The predicted octanol–water partition coefficient (Wildman–Crippen LogP) is 7.04. The van der Waals surface area contributed by atoms with Gasteiger partial charge in [-0.1, -0.05) is 18.2 Å². The molecule has 2 aromatic heterocycles. The number of methoxy groups -OCH3 is 1. The number of nitrogens with zero attached hydrogens (tertiary/aromatic N) is 2. The second kappa shape index (κ2) is 14.8. The Morgan fingerprint density at radius 2 is 1.66 bits per heavy atom. The van der Waals surface area contributed by atoms with Gasteiger partial charge in [0.25, 0.3) is 0 Å². The number of carbonyl (C=O) groups excluding carboxylic acids is 1. The number of carbonyl (C=O) groups is 2. The molecule has 0 unspecified atom stereocenters. The zero-order chi connectivity index (χ0) is 33.3. The van der Waals surface area contributed by atoms with Crippen LogP contribution in [0.15, 0.2) is 107 Å². The van der Waals surface area contributed by atoms with Gasteiger partial charge in [0, 0.05) is 22.6 Å². The van der Waals surface area contributed by atoms with E-state index in [2.05, 4.69) is 47.7 Å². The maximum Gasteiger partial charge on any atom is 0.335 e. The minimum atomic E-state index is -0.990. The summed E-state index contributed by atoms with van der Waals surface area (Å²) in [5.41, 5.74) is 8.32. The molecule has 5 rings (SSSR count). The molecule has 0 bridgehead atoms. The summed E-state index contributed by atoms with van der Waals surface area (Å²) in [6.45, 7) is 8.33. The van der Waals surface area contributed by atoms with Gasteiger partial charge < -0.3 is 28.3 Å². The molecule has 1 amide bonds. The monoisotopic (exact) mass is 633 g/mol. The van der Waals surface area contributed by atoms with E-state index in [-0.39, 0.29) is 24.5 Å². The molecule has 5 aromatic rings. The number of aromatic carboxylic acids is 1. The number of hydrogen-bond donors (Lipinski definition) is 2. The number of aryl methyl sites for hydroxylation is 2. The van der Waals surface area contributed by atoms with Gasteiger partial charge in [0.2, 0.25) is 0 Å². The minimum absolute atomic E-state index is 0.0970. The van der Waals surface area contributed by atoms with Crippen molar-refractivity contribution in [2.24, 2.45) is 5.10 Å². The number of rotatable bonds is 14. The van der Waals surface area contributed by atoms with Crippen molar-refractivity contribution in [2.45, 2.75) is 33.5 Å². The fourth-order valence-corrected chi connectivity index (χ4v) is 5.00. The molecule has 0 aliphatic carbocycles. The number of furan rings is 1. The summed E-state index contributed by atoms with van der Waals surface area (Å²) in [5, 5.41) is 13.2. The average Bonchev–Trinajstić information content (AvgIpc) is 3.69. The third-order valence-electron chi connectivity index (χ3n) is 7.33. The largest absolute Gasteiger partial charge is 0.493 e. The molecule has 240 valence electrons. The van der Waals surface area contributed by atoms with Crippen LogP contribution >= 0.6 is 0 Å². The topological polar surface area (TPSA) is 125 Å². The second-order valence-corrected chi connectivity index (χ2v) is 10.7. The molecule has 0 radical (unpaired) electrons. The van der Waals surface area contributed by atoms with Crippen molar-refractivity contribution >= 4 is 18.1 Å². The maximum atomic E-state index is 12.7. The Labute approximate surface area is 272 Å². The molecule has 0 aliphatic heterocycles. The van der Waals surface area contributed by atoms with E-state index < -0.39 is 11.9 Å². The number of allylic oxidation sites excluding steroid dienone is 1. The molecule has 3 aromatic carbocycles. The summed E-state index contributed by atoms with van der Waals surface area (Å²) >= 11 is 0. The number of hydrogen-bond acceptors (Lipinski definition) is 7. The number of carboxylic acid groups (broad SMARTS) is 1. The number of benzene rings is 3. The number of hydrazone groups is 1. The van der Waals surface area contributed by atoms with Crippen molar-refractivity contribution in [1.82, 2.24) is 9.99 Å². The maximum absolute atomic E-state index is 12.7. The van der Waals surface area contributed by atoms with Crippen molar-refractivity contribution < 1.29 is 33.3 Å². The average molecular weight is 634 g/mol. The highest BCUT2D eigenvalue weighted by molar-refractivity contribution is 5.92. The van der Waals surface area contributed by atoms with Gasteiger partial charge in [0.05, 0.1) is 18.9 Å². The van der Waals surface area contributed by atoms with Gasteiger partial charge in [-0.3, -0.25) is 4.79 Å². The molecule has 47 heavy (non-hydrogen) atoms. The SMILES string of the molecule is C=CCc1cc(/C=N/NC(=O)c2ccc(COc3ccc(-n4c(C)ccc4C)cc3)o2)cc(OC)c1OCc1ccc(C(=O)O)cc1. The quantitative estimate of drug-likeness (QED) is 0.0763. The molecule has 0 saturated heterocycles. The van der Waals surface area contributed by atoms with E-state index in [1.807, 2.05) is 30.3 Å². The Hall–Kier alpha value is -6.03. The molecular weight excluding hydrogens is 598 g/mol. The van der Waals surface area contributed by atoms with E-state index in [1.54, 1.807) is 36.4 Å². The van der Waals surface area contributed by atoms with Gasteiger partial charge in [-0.25, -0.2) is 10.2 Å². The first-order valence-electron chi connectivity index (χ1n) is 14.8. The first kappa shape index (κ1) is 32.4. The van der Waals surface area contributed by atoms with Crippen LogP contribution in [0.3, 0.4) is 0 Å². The van der Waals surface area contributed by atoms with Crippen LogP contribution in [0.25, 0.3) is 5.69 Å². The number of ether oxygens (including phenoxy) is 3. The summed E-state index contributed by atoms with van der Waals surface area (Å²) in [7, 11) is 1.53. The molecule has 2 heterocycles. The molecule has 0 saturated carbocycles. The van der Waals surface area contributed by atoms with Crippen LogP contribution in [-0.4, -0.2) is 34.9 Å². The van der Waals surface area contributed by atoms with Crippen LogP contribution < -0.4 is 19.6 Å². The molecular formula is C37H35N3O7. The van der Waals surface area contributed by atoms with E-state index in [1.165, 1.54) is 25.5 Å². The van der Waals surface area contributed by atoms with Gasteiger partial charge in [0.1, 0.15) is 24.7 Å². The molecule has 10 nitrogen and oxygen atoms in total. The Bertz CT molecular complexity index is 1880. The molecule has 0 fully saturated rings. The fraction of sp³-hybridized carbons (Fsp3) is 0.162. The Morgan fingerprint density at radius 3 is 2.32 bits per heavy atom. The fourth-order valence-electron chi connectivity index (χ4n) is 5.00. The first-order chi connectivity index (χ1) is 22.7. The van der Waals surface area contributed by atoms with E-state index in [0.29, 0.717) is 35.0 Å². The number of amides is 1. The van der Waals surface area contributed by atoms with Crippen molar-refractivity contribution in [3.63, 3.8) is 0 Å². The Balaban J connectivity index is 1.18. The minimum Gasteiger partial charge on any atom is -0.493 e. The van der Waals surface area contributed by atoms with Crippen molar-refractivity contribution in [3.05, 3.63) is 143 Å². The lowest BCUT2D eigenvalue weighted by atomic mass is 10.1. The smallest absolute Gasteiger partial charge is 0.335 e. The molecule has 10 heteroatoms. The third kappa shape index (κ3) is 7.98. The number of carboxylic acids is 1. The highest BCUT2D eigenvalue weighted by Gasteiger charge is 2.14. The molecule has 0 aliphatic rings. The lowest BCUT2D eigenvalue weighted by Gasteiger charge is -2.16. The van der Waals surface area contributed by atoms with E-state index in [9.17, 15) is 9.59 Å². The van der Waals surface area contributed by atoms with Gasteiger partial charge in [-0.15, -0.1) is 6.58 Å². The standard InChI is InChI=1S/C37H35N3O7/c1-5-6-29-19-27(20-34(44-4)35(29)46-22-26-9-11-28(12-10-26)37(42)43)21-38-39-36(41)33-18-17-32(47-33)23-45-31-15-13-30(14-16-31)40-24(2)7-8-25(40)3/h5,7-21H,1,6,22-23H2,2-4H3,(H,39,41)(H,42,43)/b38-21+. The van der Waals surface area contributed by atoms with Crippen LogP contribution in [0, 0.1) is 13.8 Å². The summed E-state index contributed by atoms with van der Waals surface area (Å²) in [6, 6.07) is 25.3. The summed E-state index contributed by atoms with van der Waals surface area (Å²) in [5.74, 6) is 0.771. The summed E-state index contributed by atoms with van der Waals surface area (Å²) < 4.78 is 25.4. The molecule has 2 N–H and O–H groups in total. The molecule has 0 atom stereocenters. The van der Waals surface area contributed by atoms with Gasteiger partial charge in [-0.2, -0.15) is 5.10 Å². The summed E-state index contributed by atoms with van der Waals surface area (Å²) in [4.78, 5) is 23.8. The van der Waals surface area contributed by atoms with E-state index in [0.717, 1.165) is 28.2 Å². The highest BCUT2D eigenvalue weighted by atomic mass is 16.5. The highest BCUT2D eigenvalue weighted by Crippen LogP contribution is 2.34. The first-order valence-corrected chi connectivity index (χ1v) is 14.8. The van der Waals surface area contributed by atoms with Crippen molar-refractivity contribution in [2.75, 3.05) is 7.11 Å². The van der Waals surface area contributed by atoms with Gasteiger partial charge >= 0.3 is 11.9 Å². The van der Waals surface area contributed by atoms with E-state index >= 15 is 0 Å². The normalized spacial score (nSPS) is 11.0. The zero-order valence-electron chi connectivity index (χ0n) is 26.4. The third-order valence-corrected chi connectivity index (χ3v) is 7.33. The van der Waals surface area contributed by atoms with Crippen molar-refractivity contribution in [1.29, 1.82) is 0 Å². The Kier molecular flexibility index (Phi) is 10.2. The van der Waals surface area contributed by atoms with Gasteiger partial charge in [-0.05, 0) is 104 Å². The summed E-state index contributed by atoms with van der Waals surface area (Å²) in [6.07, 6.45) is 3.73. The lowest BCUT2D eigenvalue weighted by Crippen LogP contribution is -2.16. The number of nitrogens with one attached hydrogen (secondary N) is 1. The van der Waals surface area contributed by atoms with Crippen LogP contribution in [0.2, 0.25) is 0 Å². The lowest BCUT2D eigenvalue weighted by molar-refractivity contribution is 0.0696. The van der Waals surface area contributed by atoms with Gasteiger partial charge in [0.15, 0.2) is 17.3 Å².